The predicted octanol–water partition coefficient (Wildman–Crippen LogP) is 1.84. The van der Waals surface area contributed by atoms with Crippen molar-refractivity contribution in [1.29, 1.82) is 0 Å². The summed E-state index contributed by atoms with van der Waals surface area (Å²) in [5, 5.41) is 0. The molecule has 0 saturated heterocycles. The predicted molar refractivity (Wildman–Crippen MR) is 84.3 cm³/mol. The van der Waals surface area contributed by atoms with Crippen LogP contribution in [0.25, 0.3) is 0 Å². The first-order valence-electron chi connectivity index (χ1n) is 7.67. The van der Waals surface area contributed by atoms with Crippen LogP contribution in [-0.2, 0) is 17.8 Å². The molecule has 2 aromatic rings. The molecule has 1 aliphatic heterocycles. The Morgan fingerprint density at radius 3 is 2.70 bits per heavy atom. The van der Waals surface area contributed by atoms with Gasteiger partial charge in [-0.3, -0.25) is 4.79 Å². The summed E-state index contributed by atoms with van der Waals surface area (Å²) < 4.78 is 10.9. The van der Waals surface area contributed by atoms with Crippen LogP contribution in [0.2, 0.25) is 0 Å². The van der Waals surface area contributed by atoms with Crippen molar-refractivity contribution < 1.29 is 14.3 Å². The van der Waals surface area contributed by atoms with Gasteiger partial charge in [0.05, 0.1) is 12.3 Å². The van der Waals surface area contributed by atoms with Crippen molar-refractivity contribution in [1.82, 2.24) is 14.9 Å². The highest BCUT2D eigenvalue weighted by atomic mass is 16.5. The first-order chi connectivity index (χ1) is 11.3. The molecule has 1 aliphatic rings. The molecule has 0 N–H and O–H groups in total. The van der Waals surface area contributed by atoms with Gasteiger partial charge in [-0.05, 0) is 31.2 Å². The number of fused-ring (bicyclic) bond motifs is 1. The van der Waals surface area contributed by atoms with Gasteiger partial charge in [-0.15, -0.1) is 0 Å². The second kappa shape index (κ2) is 7.09. The molecule has 0 bridgehead atoms. The van der Waals surface area contributed by atoms with Crippen LogP contribution >= 0.6 is 0 Å². The second-order valence-electron chi connectivity index (χ2n) is 5.25. The molecule has 3 rings (SSSR count). The average molecular weight is 313 g/mol. The van der Waals surface area contributed by atoms with Gasteiger partial charge in [-0.2, -0.15) is 0 Å². The summed E-state index contributed by atoms with van der Waals surface area (Å²) in [6.45, 7) is 3.79. The average Bonchev–Trinajstić information content (AvgIpc) is 2.60. The van der Waals surface area contributed by atoms with Crippen molar-refractivity contribution in [2.75, 3.05) is 19.8 Å². The quantitative estimate of drug-likeness (QED) is 0.843. The Hall–Kier alpha value is -2.63. The Labute approximate surface area is 135 Å². The van der Waals surface area contributed by atoms with Gasteiger partial charge in [-0.25, -0.2) is 9.97 Å². The smallest absolute Gasteiger partial charge is 0.260 e. The number of ether oxygens (including phenoxy) is 2. The Balaban J connectivity index is 1.54. The number of hydrogen-bond donors (Lipinski definition) is 0. The number of carbonyl (C=O) groups excluding carboxylic acids is 1. The highest BCUT2D eigenvalue weighted by Gasteiger charge is 2.21. The zero-order chi connectivity index (χ0) is 16.1. The summed E-state index contributed by atoms with van der Waals surface area (Å²) in [5.41, 5.74) is 2.03. The standard InChI is InChI=1S/C17H19N3O3/c1-2-22-14-3-5-15(6-4-14)23-11-17(21)20-8-7-16-13(10-20)9-18-12-19-16/h3-6,9,12H,2,7-8,10-11H2,1H3. The van der Waals surface area contributed by atoms with E-state index in [0.717, 1.165) is 23.4 Å². The lowest BCUT2D eigenvalue weighted by Crippen LogP contribution is -2.39. The van der Waals surface area contributed by atoms with E-state index in [9.17, 15) is 4.79 Å². The number of hydrogen-bond acceptors (Lipinski definition) is 5. The van der Waals surface area contributed by atoms with Gasteiger partial charge in [0.15, 0.2) is 6.61 Å². The van der Waals surface area contributed by atoms with E-state index in [1.54, 1.807) is 29.6 Å². The fraction of sp³-hybridized carbons (Fsp3) is 0.353. The van der Waals surface area contributed by atoms with Gasteiger partial charge in [0, 0.05) is 31.3 Å². The minimum absolute atomic E-state index is 0.0248. The number of carbonyl (C=O) groups is 1. The zero-order valence-corrected chi connectivity index (χ0v) is 13.1. The molecular formula is C17H19N3O3. The molecule has 0 radical (unpaired) electrons. The maximum Gasteiger partial charge on any atom is 0.260 e. The molecule has 120 valence electrons. The lowest BCUT2D eigenvalue weighted by Gasteiger charge is -2.27. The minimum Gasteiger partial charge on any atom is -0.494 e. The SMILES string of the molecule is CCOc1ccc(OCC(=O)N2CCc3ncncc3C2)cc1. The molecular weight excluding hydrogens is 294 g/mol. The van der Waals surface area contributed by atoms with Gasteiger partial charge in [-0.1, -0.05) is 0 Å². The summed E-state index contributed by atoms with van der Waals surface area (Å²) in [6.07, 6.45) is 4.08. The van der Waals surface area contributed by atoms with Crippen molar-refractivity contribution in [2.45, 2.75) is 19.9 Å². The summed E-state index contributed by atoms with van der Waals surface area (Å²) in [6, 6.07) is 7.27. The van der Waals surface area contributed by atoms with Crippen molar-refractivity contribution in [3.8, 4) is 11.5 Å². The molecule has 6 heteroatoms. The number of amides is 1. The molecule has 0 atom stereocenters. The minimum atomic E-state index is -0.0339. The summed E-state index contributed by atoms with van der Waals surface area (Å²) in [4.78, 5) is 22.3. The first-order valence-corrected chi connectivity index (χ1v) is 7.67. The maximum atomic E-state index is 12.3. The molecule has 1 aromatic carbocycles. The van der Waals surface area contributed by atoms with Crippen molar-refractivity contribution in [3.05, 3.63) is 48.0 Å². The van der Waals surface area contributed by atoms with Crippen LogP contribution in [-0.4, -0.2) is 40.5 Å². The van der Waals surface area contributed by atoms with Gasteiger partial charge in [0.2, 0.25) is 0 Å². The van der Waals surface area contributed by atoms with Crippen molar-refractivity contribution in [2.24, 2.45) is 0 Å². The van der Waals surface area contributed by atoms with Crippen LogP contribution < -0.4 is 9.47 Å². The molecule has 23 heavy (non-hydrogen) atoms. The number of benzene rings is 1. The zero-order valence-electron chi connectivity index (χ0n) is 13.1. The van der Waals surface area contributed by atoms with E-state index in [1.807, 2.05) is 19.1 Å². The lowest BCUT2D eigenvalue weighted by molar-refractivity contribution is -0.134. The monoisotopic (exact) mass is 313 g/mol. The van der Waals surface area contributed by atoms with Crippen LogP contribution in [0, 0.1) is 0 Å². The van der Waals surface area contributed by atoms with E-state index in [1.165, 1.54) is 0 Å². The van der Waals surface area contributed by atoms with Gasteiger partial charge in [0.1, 0.15) is 17.8 Å². The highest BCUT2D eigenvalue weighted by molar-refractivity contribution is 5.78. The number of aromatic nitrogens is 2. The summed E-state index contributed by atoms with van der Waals surface area (Å²) in [7, 11) is 0. The first kappa shape index (κ1) is 15.3. The summed E-state index contributed by atoms with van der Waals surface area (Å²) >= 11 is 0. The third-order valence-corrected chi connectivity index (χ3v) is 3.71. The van der Waals surface area contributed by atoms with E-state index in [0.29, 0.717) is 25.4 Å². The fourth-order valence-corrected chi connectivity index (χ4v) is 2.51. The fourth-order valence-electron chi connectivity index (χ4n) is 2.51. The van der Waals surface area contributed by atoms with Crippen molar-refractivity contribution in [3.63, 3.8) is 0 Å². The van der Waals surface area contributed by atoms with Gasteiger partial charge < -0.3 is 14.4 Å². The van der Waals surface area contributed by atoms with Crippen molar-refractivity contribution >= 4 is 5.91 Å². The van der Waals surface area contributed by atoms with Gasteiger partial charge in [0.25, 0.3) is 5.91 Å². The topological polar surface area (TPSA) is 64.6 Å². The third-order valence-electron chi connectivity index (χ3n) is 3.71. The van der Waals surface area contributed by atoms with E-state index >= 15 is 0 Å². The Morgan fingerprint density at radius 2 is 1.96 bits per heavy atom. The molecule has 0 aliphatic carbocycles. The van der Waals surface area contributed by atoms with Gasteiger partial charge >= 0.3 is 0 Å². The molecule has 0 unspecified atom stereocenters. The second-order valence-corrected chi connectivity index (χ2v) is 5.25. The molecule has 0 saturated carbocycles. The van der Waals surface area contributed by atoms with E-state index in [4.69, 9.17) is 9.47 Å². The summed E-state index contributed by atoms with van der Waals surface area (Å²) in [5.74, 6) is 1.41. The van der Waals surface area contributed by atoms with E-state index in [2.05, 4.69) is 9.97 Å². The molecule has 2 heterocycles. The Morgan fingerprint density at radius 1 is 1.22 bits per heavy atom. The maximum absolute atomic E-state index is 12.3. The van der Waals surface area contributed by atoms with Crippen LogP contribution in [0.4, 0.5) is 0 Å². The van der Waals surface area contributed by atoms with Crippen LogP contribution in [0.15, 0.2) is 36.8 Å². The highest BCUT2D eigenvalue weighted by Crippen LogP contribution is 2.19. The third kappa shape index (κ3) is 3.77. The largest absolute Gasteiger partial charge is 0.494 e. The van der Waals surface area contributed by atoms with Crippen LogP contribution in [0.1, 0.15) is 18.2 Å². The Kier molecular flexibility index (Phi) is 4.71. The Bertz CT molecular complexity index is 673. The molecule has 0 spiro atoms. The molecule has 1 amide bonds. The normalized spacial score (nSPS) is 13.3. The lowest BCUT2D eigenvalue weighted by atomic mass is 10.1. The molecule has 0 fully saturated rings. The van der Waals surface area contributed by atoms with Crippen LogP contribution in [0.3, 0.4) is 0 Å². The molecule has 6 nitrogen and oxygen atoms in total. The van der Waals surface area contributed by atoms with E-state index < -0.39 is 0 Å². The number of nitrogens with zero attached hydrogens (tertiary/aromatic N) is 3. The molecule has 1 aromatic heterocycles. The number of rotatable bonds is 5. The van der Waals surface area contributed by atoms with Crippen LogP contribution in [0.5, 0.6) is 11.5 Å². The van der Waals surface area contributed by atoms with E-state index in [-0.39, 0.29) is 12.5 Å².